The molecule has 0 aromatic carbocycles. The van der Waals surface area contributed by atoms with Crippen LogP contribution in [0.15, 0.2) is 0 Å². The molecule has 0 unspecified atom stereocenters. The fraction of sp³-hybridized carbons (Fsp3) is 0.714. The van der Waals surface area contributed by atoms with E-state index in [9.17, 15) is 9.59 Å². The molecule has 5 heteroatoms. The van der Waals surface area contributed by atoms with Crippen LogP contribution in [0.3, 0.4) is 0 Å². The molecule has 0 heterocycles. The molecule has 0 amide bonds. The Labute approximate surface area is 77.0 Å². The molecule has 0 radical (unpaired) electrons. The number of rotatable bonds is 4. The van der Waals surface area contributed by atoms with Crippen molar-refractivity contribution < 1.29 is 19.8 Å². The predicted octanol–water partition coefficient (Wildman–Crippen LogP) is 1.38. The molecular formula is C7H13ClO4. The molecule has 72 valence electrons. The van der Waals surface area contributed by atoms with Gasteiger partial charge in [0.05, 0.1) is 0 Å². The molecule has 0 saturated heterocycles. The molecule has 2 N–H and O–H groups in total. The van der Waals surface area contributed by atoms with Crippen LogP contribution >= 0.6 is 12.4 Å². The third-order valence-corrected chi connectivity index (χ3v) is 2.03. The van der Waals surface area contributed by atoms with Crippen molar-refractivity contribution in [2.24, 2.45) is 5.41 Å². The second kappa shape index (κ2) is 4.98. The minimum Gasteiger partial charge on any atom is -0.480 e. The Kier molecular flexibility index (Phi) is 5.72. The maximum Gasteiger partial charge on any atom is 0.321 e. The lowest BCUT2D eigenvalue weighted by Crippen LogP contribution is -2.38. The van der Waals surface area contributed by atoms with Crippen LogP contribution < -0.4 is 0 Å². The van der Waals surface area contributed by atoms with Gasteiger partial charge in [0, 0.05) is 0 Å². The molecule has 0 aliphatic heterocycles. The van der Waals surface area contributed by atoms with Gasteiger partial charge in [-0.15, -0.1) is 12.4 Å². The Morgan fingerprint density at radius 1 is 1.08 bits per heavy atom. The first-order valence-electron chi connectivity index (χ1n) is 3.48. The third-order valence-electron chi connectivity index (χ3n) is 2.03. The van der Waals surface area contributed by atoms with Crippen LogP contribution in [0.5, 0.6) is 0 Å². The van der Waals surface area contributed by atoms with Gasteiger partial charge in [0.25, 0.3) is 0 Å². The van der Waals surface area contributed by atoms with E-state index in [4.69, 9.17) is 10.2 Å². The minimum atomic E-state index is -1.58. The average Bonchev–Trinajstić information content (AvgIpc) is 1.90. The van der Waals surface area contributed by atoms with Crippen molar-refractivity contribution in [2.75, 3.05) is 0 Å². The number of carbonyl (C=O) groups is 2. The van der Waals surface area contributed by atoms with Gasteiger partial charge in [0.1, 0.15) is 0 Å². The molecule has 0 bridgehead atoms. The van der Waals surface area contributed by atoms with E-state index in [0.29, 0.717) is 0 Å². The summed E-state index contributed by atoms with van der Waals surface area (Å²) in [6, 6.07) is 0. The van der Waals surface area contributed by atoms with Gasteiger partial charge < -0.3 is 10.2 Å². The largest absolute Gasteiger partial charge is 0.480 e. The van der Waals surface area contributed by atoms with E-state index in [2.05, 4.69) is 0 Å². The average molecular weight is 197 g/mol. The lowest BCUT2D eigenvalue weighted by atomic mass is 9.83. The molecule has 0 aromatic heterocycles. The van der Waals surface area contributed by atoms with Gasteiger partial charge in [-0.05, 0) is 12.8 Å². The number of hydrogen-bond donors (Lipinski definition) is 2. The Morgan fingerprint density at radius 2 is 1.33 bits per heavy atom. The normalized spacial score (nSPS) is 10.2. The summed E-state index contributed by atoms with van der Waals surface area (Å²) in [7, 11) is 0. The maximum absolute atomic E-state index is 10.5. The van der Waals surface area contributed by atoms with Crippen molar-refractivity contribution in [1.82, 2.24) is 0 Å². The summed E-state index contributed by atoms with van der Waals surface area (Å²) in [5, 5.41) is 17.2. The van der Waals surface area contributed by atoms with Crippen LogP contribution in [-0.4, -0.2) is 22.2 Å². The second-order valence-corrected chi connectivity index (χ2v) is 2.40. The van der Waals surface area contributed by atoms with Crippen molar-refractivity contribution in [1.29, 1.82) is 0 Å². The smallest absolute Gasteiger partial charge is 0.321 e. The van der Waals surface area contributed by atoms with Crippen LogP contribution in [0.1, 0.15) is 26.7 Å². The Bertz CT molecular complexity index is 158. The van der Waals surface area contributed by atoms with E-state index in [1.165, 1.54) is 0 Å². The predicted molar refractivity (Wildman–Crippen MR) is 45.5 cm³/mol. The van der Waals surface area contributed by atoms with Crippen molar-refractivity contribution in [2.45, 2.75) is 26.7 Å². The number of aliphatic carboxylic acids is 2. The van der Waals surface area contributed by atoms with E-state index in [1.807, 2.05) is 0 Å². The highest BCUT2D eigenvalue weighted by atomic mass is 35.5. The topological polar surface area (TPSA) is 74.6 Å². The Hall–Kier alpha value is -0.770. The summed E-state index contributed by atoms with van der Waals surface area (Å²) in [4.78, 5) is 21.1. The zero-order valence-electron chi connectivity index (χ0n) is 7.03. The molecule has 0 spiro atoms. The quantitative estimate of drug-likeness (QED) is 0.667. The fourth-order valence-electron chi connectivity index (χ4n) is 0.946. The second-order valence-electron chi connectivity index (χ2n) is 2.40. The molecule has 0 rings (SSSR count). The summed E-state index contributed by atoms with van der Waals surface area (Å²) in [5.41, 5.74) is -1.58. The van der Waals surface area contributed by atoms with Crippen molar-refractivity contribution in [3.63, 3.8) is 0 Å². The molecule has 0 fully saturated rings. The number of halogens is 1. The van der Waals surface area contributed by atoms with Gasteiger partial charge in [0.15, 0.2) is 5.41 Å². The van der Waals surface area contributed by atoms with Gasteiger partial charge in [-0.2, -0.15) is 0 Å². The van der Waals surface area contributed by atoms with Gasteiger partial charge in [-0.1, -0.05) is 13.8 Å². The Balaban J connectivity index is 0. The summed E-state index contributed by atoms with van der Waals surface area (Å²) in [6.45, 7) is 3.12. The highest BCUT2D eigenvalue weighted by Crippen LogP contribution is 2.26. The molecule has 0 aromatic rings. The lowest BCUT2D eigenvalue weighted by Gasteiger charge is -2.20. The van der Waals surface area contributed by atoms with Crippen molar-refractivity contribution in [3.05, 3.63) is 0 Å². The van der Waals surface area contributed by atoms with Gasteiger partial charge in [-0.3, -0.25) is 9.59 Å². The van der Waals surface area contributed by atoms with Crippen LogP contribution in [0, 0.1) is 5.41 Å². The molecule has 0 saturated carbocycles. The number of hydrogen-bond acceptors (Lipinski definition) is 2. The van der Waals surface area contributed by atoms with E-state index in [-0.39, 0.29) is 25.2 Å². The van der Waals surface area contributed by atoms with Crippen LogP contribution in [-0.2, 0) is 9.59 Å². The van der Waals surface area contributed by atoms with Crippen LogP contribution in [0.2, 0.25) is 0 Å². The molecule has 0 atom stereocenters. The van der Waals surface area contributed by atoms with Crippen LogP contribution in [0.25, 0.3) is 0 Å². The van der Waals surface area contributed by atoms with E-state index >= 15 is 0 Å². The first-order chi connectivity index (χ1) is 5.01. The van der Waals surface area contributed by atoms with Gasteiger partial charge >= 0.3 is 11.9 Å². The van der Waals surface area contributed by atoms with Gasteiger partial charge in [-0.25, -0.2) is 0 Å². The first-order valence-corrected chi connectivity index (χ1v) is 3.48. The molecule has 0 aliphatic rings. The van der Waals surface area contributed by atoms with E-state index in [1.54, 1.807) is 13.8 Å². The SMILES string of the molecule is CCC(CC)(C(=O)O)C(=O)O.Cl. The first kappa shape index (κ1) is 13.8. The number of carboxylic acid groups (broad SMARTS) is 2. The van der Waals surface area contributed by atoms with Crippen molar-refractivity contribution in [3.8, 4) is 0 Å². The summed E-state index contributed by atoms with van der Waals surface area (Å²) >= 11 is 0. The monoisotopic (exact) mass is 196 g/mol. The zero-order valence-corrected chi connectivity index (χ0v) is 7.85. The maximum atomic E-state index is 10.5. The van der Waals surface area contributed by atoms with Crippen LogP contribution in [0.4, 0.5) is 0 Å². The van der Waals surface area contributed by atoms with Gasteiger partial charge in [0.2, 0.25) is 0 Å². The lowest BCUT2D eigenvalue weighted by molar-refractivity contribution is -0.165. The molecule has 0 aliphatic carbocycles. The number of carboxylic acids is 2. The Morgan fingerprint density at radius 3 is 1.33 bits per heavy atom. The standard InChI is InChI=1S/C7H12O4.ClH/c1-3-7(4-2,5(8)9)6(10)11;/h3-4H2,1-2H3,(H,8,9)(H,10,11);1H. The summed E-state index contributed by atoms with van der Waals surface area (Å²) in [6.07, 6.45) is 0.238. The van der Waals surface area contributed by atoms with Crippen molar-refractivity contribution >= 4 is 24.3 Å². The molecular weight excluding hydrogens is 184 g/mol. The zero-order chi connectivity index (χ0) is 9.07. The van der Waals surface area contributed by atoms with E-state index < -0.39 is 17.4 Å². The third kappa shape index (κ3) is 2.11. The highest BCUT2D eigenvalue weighted by molar-refractivity contribution is 5.98. The molecule has 12 heavy (non-hydrogen) atoms. The highest BCUT2D eigenvalue weighted by Gasteiger charge is 2.42. The van der Waals surface area contributed by atoms with E-state index in [0.717, 1.165) is 0 Å². The summed E-state index contributed by atoms with van der Waals surface area (Å²) < 4.78 is 0. The fourth-order valence-corrected chi connectivity index (χ4v) is 0.946. The summed E-state index contributed by atoms with van der Waals surface area (Å²) in [5.74, 6) is -2.51. The minimum absolute atomic E-state index is 0. The molecule has 4 nitrogen and oxygen atoms in total.